The van der Waals surface area contributed by atoms with Crippen LogP contribution in [0.4, 0.5) is 0 Å². The molecule has 1 aliphatic heterocycles. The molecule has 7 heteroatoms. The van der Waals surface area contributed by atoms with E-state index in [1.165, 1.54) is 19.2 Å². The molecule has 0 N–H and O–H groups in total. The van der Waals surface area contributed by atoms with Crippen molar-refractivity contribution >= 4 is 0 Å². The third-order valence-corrected chi connectivity index (χ3v) is 5.23. The van der Waals surface area contributed by atoms with Crippen molar-refractivity contribution in [2.45, 2.75) is 52.2 Å². The van der Waals surface area contributed by atoms with Gasteiger partial charge in [0.2, 0.25) is 0 Å². The van der Waals surface area contributed by atoms with Gasteiger partial charge in [-0.05, 0) is 39.3 Å². The van der Waals surface area contributed by atoms with E-state index in [1.807, 2.05) is 6.92 Å². The fourth-order valence-electron chi connectivity index (χ4n) is 3.67. The third kappa shape index (κ3) is 3.61. The molecule has 1 atom stereocenters. The zero-order valence-electron chi connectivity index (χ0n) is 15.5. The van der Waals surface area contributed by atoms with Crippen LogP contribution in [-0.4, -0.2) is 36.4 Å². The number of nitrogens with zero attached hydrogens (tertiary/aromatic N) is 5. The van der Waals surface area contributed by atoms with Gasteiger partial charge < -0.3 is 0 Å². The standard InChI is InChI=1S/C18H27N5O2/c1-13-9-14(2)23(19-13)12-15-7-5-6-8-22(15)11-16-10-17(24)21(4)18(25)20(16)3/h9-10,15H,5-8,11-12H2,1-4H3/t15-/m1/s1. The lowest BCUT2D eigenvalue weighted by atomic mass is 10.0. The van der Waals surface area contributed by atoms with E-state index in [9.17, 15) is 9.59 Å². The van der Waals surface area contributed by atoms with Gasteiger partial charge in [0.25, 0.3) is 5.56 Å². The molecule has 1 saturated heterocycles. The summed E-state index contributed by atoms with van der Waals surface area (Å²) in [5, 5.41) is 4.58. The van der Waals surface area contributed by atoms with Gasteiger partial charge in [0.1, 0.15) is 0 Å². The van der Waals surface area contributed by atoms with E-state index < -0.39 is 0 Å². The van der Waals surface area contributed by atoms with Gasteiger partial charge in [-0.15, -0.1) is 0 Å². The predicted molar refractivity (Wildman–Crippen MR) is 96.7 cm³/mol. The monoisotopic (exact) mass is 345 g/mol. The summed E-state index contributed by atoms with van der Waals surface area (Å²) in [6, 6.07) is 4.04. The first-order valence-corrected chi connectivity index (χ1v) is 8.88. The second-order valence-electron chi connectivity index (χ2n) is 7.10. The minimum atomic E-state index is -0.269. The Morgan fingerprint density at radius 2 is 1.88 bits per heavy atom. The van der Waals surface area contributed by atoms with Crippen molar-refractivity contribution in [3.05, 3.63) is 50.1 Å². The number of rotatable bonds is 4. The summed E-state index contributed by atoms with van der Waals surface area (Å²) in [7, 11) is 3.25. The molecule has 2 aromatic rings. The zero-order valence-corrected chi connectivity index (χ0v) is 15.5. The summed E-state index contributed by atoms with van der Waals surface area (Å²) in [6.07, 6.45) is 3.46. The van der Waals surface area contributed by atoms with Crippen LogP contribution in [0.2, 0.25) is 0 Å². The van der Waals surface area contributed by atoms with E-state index >= 15 is 0 Å². The number of piperidine rings is 1. The number of likely N-dealkylation sites (tertiary alicyclic amines) is 1. The Morgan fingerprint density at radius 1 is 1.12 bits per heavy atom. The van der Waals surface area contributed by atoms with Gasteiger partial charge in [-0.3, -0.25) is 23.5 Å². The molecule has 0 bridgehead atoms. The van der Waals surface area contributed by atoms with Gasteiger partial charge >= 0.3 is 5.69 Å². The van der Waals surface area contributed by atoms with Crippen LogP contribution in [0.25, 0.3) is 0 Å². The molecule has 3 rings (SSSR count). The minimum Gasteiger partial charge on any atom is -0.299 e. The molecule has 0 spiro atoms. The molecule has 0 saturated carbocycles. The lowest BCUT2D eigenvalue weighted by Gasteiger charge is -2.36. The lowest BCUT2D eigenvalue weighted by molar-refractivity contribution is 0.118. The summed E-state index contributed by atoms with van der Waals surface area (Å²) in [5.41, 5.74) is 2.46. The smallest absolute Gasteiger partial charge is 0.299 e. The molecule has 3 heterocycles. The molecule has 2 aromatic heterocycles. The molecule has 0 unspecified atom stereocenters. The number of aryl methyl sites for hydroxylation is 2. The highest BCUT2D eigenvalue weighted by molar-refractivity contribution is 5.07. The first-order chi connectivity index (χ1) is 11.9. The van der Waals surface area contributed by atoms with Crippen molar-refractivity contribution in [1.82, 2.24) is 23.8 Å². The summed E-state index contributed by atoms with van der Waals surface area (Å²) in [6.45, 7) is 6.53. The van der Waals surface area contributed by atoms with E-state index in [0.29, 0.717) is 12.6 Å². The van der Waals surface area contributed by atoms with Crippen molar-refractivity contribution in [2.24, 2.45) is 14.1 Å². The fourth-order valence-corrected chi connectivity index (χ4v) is 3.67. The van der Waals surface area contributed by atoms with E-state index in [0.717, 1.165) is 41.9 Å². The highest BCUT2D eigenvalue weighted by Gasteiger charge is 2.24. The lowest BCUT2D eigenvalue weighted by Crippen LogP contribution is -2.44. The Labute approximate surface area is 147 Å². The highest BCUT2D eigenvalue weighted by atomic mass is 16.2. The zero-order chi connectivity index (χ0) is 18.1. The molecule has 1 fully saturated rings. The van der Waals surface area contributed by atoms with Crippen molar-refractivity contribution < 1.29 is 0 Å². The van der Waals surface area contributed by atoms with Crippen molar-refractivity contribution in [1.29, 1.82) is 0 Å². The van der Waals surface area contributed by atoms with Crippen molar-refractivity contribution in [3.8, 4) is 0 Å². The van der Waals surface area contributed by atoms with E-state index in [1.54, 1.807) is 17.7 Å². The Kier molecular flexibility index (Phi) is 4.94. The average molecular weight is 345 g/mol. The van der Waals surface area contributed by atoms with Gasteiger partial charge in [-0.25, -0.2) is 4.79 Å². The Balaban J connectivity index is 1.84. The van der Waals surface area contributed by atoms with Crippen LogP contribution in [0.5, 0.6) is 0 Å². The molecule has 0 radical (unpaired) electrons. The SMILES string of the molecule is Cc1cc(C)n(C[C@H]2CCCCN2Cc2cc(=O)n(C)c(=O)n2C)n1. The van der Waals surface area contributed by atoms with Gasteiger partial charge in [0.05, 0.1) is 12.2 Å². The largest absolute Gasteiger partial charge is 0.330 e. The molecule has 0 amide bonds. The Bertz CT molecular complexity index is 877. The summed E-state index contributed by atoms with van der Waals surface area (Å²) >= 11 is 0. The molecular formula is C18H27N5O2. The van der Waals surface area contributed by atoms with Crippen LogP contribution in [0, 0.1) is 13.8 Å². The number of hydrogen-bond acceptors (Lipinski definition) is 4. The molecule has 25 heavy (non-hydrogen) atoms. The summed E-state index contributed by atoms with van der Waals surface area (Å²) < 4.78 is 4.80. The minimum absolute atomic E-state index is 0.245. The normalized spacial score (nSPS) is 18.6. The predicted octanol–water partition coefficient (Wildman–Crippen LogP) is 0.952. The second-order valence-corrected chi connectivity index (χ2v) is 7.10. The Hall–Kier alpha value is -2.15. The highest BCUT2D eigenvalue weighted by Crippen LogP contribution is 2.21. The van der Waals surface area contributed by atoms with Crippen molar-refractivity contribution in [3.63, 3.8) is 0 Å². The van der Waals surface area contributed by atoms with Crippen LogP contribution >= 0.6 is 0 Å². The maximum atomic E-state index is 12.2. The summed E-state index contributed by atoms with van der Waals surface area (Å²) in [5.74, 6) is 0. The molecule has 136 valence electrons. The van der Waals surface area contributed by atoms with Gasteiger partial charge in [-0.1, -0.05) is 6.42 Å². The number of hydrogen-bond donors (Lipinski definition) is 0. The first kappa shape index (κ1) is 17.7. The maximum Gasteiger partial charge on any atom is 0.330 e. The van der Waals surface area contributed by atoms with Crippen LogP contribution in [-0.2, 0) is 27.2 Å². The van der Waals surface area contributed by atoms with Crippen LogP contribution in [0.3, 0.4) is 0 Å². The third-order valence-electron chi connectivity index (χ3n) is 5.23. The molecule has 7 nitrogen and oxygen atoms in total. The van der Waals surface area contributed by atoms with Gasteiger partial charge in [0, 0.05) is 44.1 Å². The van der Waals surface area contributed by atoms with E-state index in [-0.39, 0.29) is 11.2 Å². The maximum absolute atomic E-state index is 12.2. The molecular weight excluding hydrogens is 318 g/mol. The molecule has 1 aliphatic rings. The van der Waals surface area contributed by atoms with E-state index in [2.05, 4.69) is 27.7 Å². The molecule has 0 aliphatic carbocycles. The van der Waals surface area contributed by atoms with Crippen LogP contribution < -0.4 is 11.2 Å². The van der Waals surface area contributed by atoms with Crippen molar-refractivity contribution in [2.75, 3.05) is 6.54 Å². The Morgan fingerprint density at radius 3 is 2.56 bits per heavy atom. The van der Waals surface area contributed by atoms with Gasteiger partial charge in [0.15, 0.2) is 0 Å². The fraction of sp³-hybridized carbons (Fsp3) is 0.611. The van der Waals surface area contributed by atoms with Crippen LogP contribution in [0.1, 0.15) is 36.3 Å². The van der Waals surface area contributed by atoms with E-state index in [4.69, 9.17) is 0 Å². The van der Waals surface area contributed by atoms with Crippen LogP contribution in [0.15, 0.2) is 21.7 Å². The van der Waals surface area contributed by atoms with Gasteiger partial charge in [-0.2, -0.15) is 5.10 Å². The average Bonchev–Trinajstić information content (AvgIpc) is 2.89. The first-order valence-electron chi connectivity index (χ1n) is 8.88. The molecule has 0 aromatic carbocycles. The topological polar surface area (TPSA) is 65.1 Å². The second kappa shape index (κ2) is 7.00. The quantitative estimate of drug-likeness (QED) is 0.828. The summed E-state index contributed by atoms with van der Waals surface area (Å²) in [4.78, 5) is 26.5. The number of aromatic nitrogens is 4.